The molecule has 0 aliphatic carbocycles. The molecule has 0 saturated carbocycles. The van der Waals surface area contributed by atoms with E-state index in [1.54, 1.807) is 0 Å². The molecule has 1 aromatic heterocycles. The Balaban J connectivity index is 2.41. The lowest BCUT2D eigenvalue weighted by Gasteiger charge is -2.20. The van der Waals surface area contributed by atoms with E-state index in [1.807, 2.05) is 22.6 Å². The fraction of sp³-hybridized carbons (Fsp3) is 0.600. The Hall–Kier alpha value is -0.750. The van der Waals surface area contributed by atoms with Crippen LogP contribution in [0.2, 0.25) is 0 Å². The van der Waals surface area contributed by atoms with Crippen molar-refractivity contribution in [2.24, 2.45) is 0 Å². The van der Waals surface area contributed by atoms with Gasteiger partial charge in [-0.1, -0.05) is 0 Å². The summed E-state index contributed by atoms with van der Waals surface area (Å²) < 4.78 is 12.4. The van der Waals surface area contributed by atoms with E-state index in [-0.39, 0.29) is 12.4 Å². The van der Waals surface area contributed by atoms with Crippen LogP contribution in [0.4, 0.5) is 5.82 Å². The lowest BCUT2D eigenvalue weighted by Crippen LogP contribution is -2.37. The minimum Gasteiger partial charge on any atom is -0.394 e. The largest absolute Gasteiger partial charge is 0.394 e. The van der Waals surface area contributed by atoms with Crippen LogP contribution >= 0.6 is 22.6 Å². The number of rotatable bonds is 3. The van der Waals surface area contributed by atoms with Gasteiger partial charge in [0.25, 0.3) is 0 Å². The number of hydrogen-bond donors (Lipinski definition) is 3. The van der Waals surface area contributed by atoms with Crippen LogP contribution in [0.3, 0.4) is 0 Å². The van der Waals surface area contributed by atoms with E-state index in [1.165, 1.54) is 17.9 Å². The molecule has 2 heterocycles. The molecule has 4 N–H and O–H groups in total. The first-order chi connectivity index (χ1) is 8.99. The van der Waals surface area contributed by atoms with Crippen molar-refractivity contribution in [3.8, 4) is 0 Å². The summed E-state index contributed by atoms with van der Waals surface area (Å²) in [5.41, 5.74) is 4.94. The molecule has 1 aliphatic rings. The number of ether oxygens (including phenoxy) is 2. The molecule has 0 unspecified atom stereocenters. The zero-order chi connectivity index (χ0) is 14.2. The first-order valence-electron chi connectivity index (χ1n) is 5.51. The van der Waals surface area contributed by atoms with Crippen LogP contribution in [0.25, 0.3) is 0 Å². The summed E-state index contributed by atoms with van der Waals surface area (Å²) in [5, 5.41) is 19.0. The van der Waals surface area contributed by atoms with Gasteiger partial charge in [0.2, 0.25) is 0 Å². The van der Waals surface area contributed by atoms with Crippen molar-refractivity contribution < 1.29 is 19.7 Å². The number of nitrogen functional groups attached to an aromatic ring is 1. The number of aromatic nitrogens is 2. The van der Waals surface area contributed by atoms with E-state index in [9.17, 15) is 9.90 Å². The molecule has 0 bridgehead atoms. The van der Waals surface area contributed by atoms with Crippen LogP contribution in [0.15, 0.2) is 11.0 Å². The lowest BCUT2D eigenvalue weighted by molar-refractivity contribution is -0.0625. The molecular formula is C10H14IN3O5. The molecule has 2 rings (SSSR count). The van der Waals surface area contributed by atoms with Crippen LogP contribution in [0.1, 0.15) is 6.23 Å². The van der Waals surface area contributed by atoms with Crippen LogP contribution in [-0.2, 0) is 9.47 Å². The minimum absolute atomic E-state index is 0.132. The smallest absolute Gasteiger partial charge is 0.351 e. The fourth-order valence-electron chi connectivity index (χ4n) is 1.99. The maximum absolute atomic E-state index is 11.8. The van der Waals surface area contributed by atoms with Crippen LogP contribution < -0.4 is 11.4 Å². The van der Waals surface area contributed by atoms with Crippen molar-refractivity contribution in [2.75, 3.05) is 19.5 Å². The van der Waals surface area contributed by atoms with Crippen molar-refractivity contribution in [3.05, 3.63) is 20.3 Å². The standard InChI is InChI=1S/C10H14IN3O5/c1-18-7-6(16)5(3-15)19-9(7)14-2-4(11)8(12)13-10(14)17/h2,5-7,9,15-16H,3H2,1H3,(H2,12,13,17)/t5-,6-,7+,9-/m1/s1. The van der Waals surface area contributed by atoms with Gasteiger partial charge in [-0.3, -0.25) is 4.57 Å². The van der Waals surface area contributed by atoms with Gasteiger partial charge in [-0.2, -0.15) is 4.98 Å². The van der Waals surface area contributed by atoms with E-state index >= 15 is 0 Å². The molecule has 8 nitrogen and oxygen atoms in total. The molecule has 4 atom stereocenters. The highest BCUT2D eigenvalue weighted by Crippen LogP contribution is 2.30. The molecule has 1 aliphatic heterocycles. The molecule has 19 heavy (non-hydrogen) atoms. The normalized spacial score (nSPS) is 30.7. The molecule has 0 amide bonds. The lowest BCUT2D eigenvalue weighted by atomic mass is 10.1. The number of methoxy groups -OCH3 is 1. The van der Waals surface area contributed by atoms with Gasteiger partial charge in [-0.05, 0) is 22.6 Å². The average Bonchev–Trinajstić information content (AvgIpc) is 2.70. The van der Waals surface area contributed by atoms with Crippen molar-refractivity contribution in [3.63, 3.8) is 0 Å². The Labute approximate surface area is 122 Å². The summed E-state index contributed by atoms with van der Waals surface area (Å²) in [6, 6.07) is 0. The van der Waals surface area contributed by atoms with Crippen LogP contribution in [0.5, 0.6) is 0 Å². The zero-order valence-electron chi connectivity index (χ0n) is 10.1. The molecule has 0 spiro atoms. The summed E-state index contributed by atoms with van der Waals surface area (Å²) in [4.78, 5) is 15.5. The molecule has 106 valence electrons. The monoisotopic (exact) mass is 383 g/mol. The van der Waals surface area contributed by atoms with E-state index < -0.39 is 30.2 Å². The van der Waals surface area contributed by atoms with Gasteiger partial charge in [0.1, 0.15) is 24.1 Å². The predicted molar refractivity (Wildman–Crippen MR) is 73.4 cm³/mol. The second kappa shape index (κ2) is 5.71. The quantitative estimate of drug-likeness (QED) is 0.555. The molecular weight excluding hydrogens is 369 g/mol. The number of halogens is 1. The molecule has 9 heteroatoms. The van der Waals surface area contributed by atoms with Crippen molar-refractivity contribution in [1.29, 1.82) is 0 Å². The van der Waals surface area contributed by atoms with Gasteiger partial charge in [0.05, 0.1) is 10.2 Å². The number of nitrogens with zero attached hydrogens (tertiary/aromatic N) is 2. The first kappa shape index (κ1) is 14.7. The highest BCUT2D eigenvalue weighted by Gasteiger charge is 2.45. The van der Waals surface area contributed by atoms with Crippen molar-refractivity contribution in [1.82, 2.24) is 9.55 Å². The third kappa shape index (κ3) is 2.60. The number of aliphatic hydroxyl groups is 2. The van der Waals surface area contributed by atoms with Crippen molar-refractivity contribution >= 4 is 28.4 Å². The van der Waals surface area contributed by atoms with Gasteiger partial charge in [0.15, 0.2) is 6.23 Å². The van der Waals surface area contributed by atoms with Crippen LogP contribution in [-0.4, -0.2) is 51.8 Å². The predicted octanol–water partition coefficient (Wildman–Crippen LogP) is -1.30. The van der Waals surface area contributed by atoms with Gasteiger partial charge in [-0.15, -0.1) is 0 Å². The summed E-state index contributed by atoms with van der Waals surface area (Å²) in [6.07, 6.45) is -1.98. The Morgan fingerprint density at radius 1 is 1.68 bits per heavy atom. The van der Waals surface area contributed by atoms with E-state index in [0.717, 1.165) is 0 Å². The van der Waals surface area contributed by atoms with E-state index in [2.05, 4.69) is 4.98 Å². The summed E-state index contributed by atoms with van der Waals surface area (Å²) in [6.45, 7) is -0.369. The Kier molecular flexibility index (Phi) is 4.40. The third-order valence-corrected chi connectivity index (χ3v) is 3.80. The van der Waals surface area contributed by atoms with Gasteiger partial charge in [-0.25, -0.2) is 4.79 Å². The van der Waals surface area contributed by atoms with E-state index in [4.69, 9.17) is 20.3 Å². The Morgan fingerprint density at radius 3 is 2.95 bits per heavy atom. The maximum Gasteiger partial charge on any atom is 0.351 e. The summed E-state index contributed by atoms with van der Waals surface area (Å²) in [5.74, 6) is 0.132. The number of anilines is 1. The highest BCUT2D eigenvalue weighted by molar-refractivity contribution is 14.1. The van der Waals surface area contributed by atoms with Gasteiger partial charge in [0, 0.05) is 13.3 Å². The molecule has 1 aromatic rings. The third-order valence-electron chi connectivity index (χ3n) is 2.97. The Bertz CT molecular complexity index is 522. The van der Waals surface area contributed by atoms with E-state index in [0.29, 0.717) is 3.57 Å². The molecule has 0 aromatic carbocycles. The number of nitrogens with two attached hydrogens (primary N) is 1. The average molecular weight is 383 g/mol. The summed E-state index contributed by atoms with van der Waals surface area (Å²) >= 11 is 1.94. The fourth-order valence-corrected chi connectivity index (χ4v) is 2.41. The number of aliphatic hydroxyl groups excluding tert-OH is 2. The first-order valence-corrected chi connectivity index (χ1v) is 6.58. The molecule has 1 saturated heterocycles. The topological polar surface area (TPSA) is 120 Å². The zero-order valence-corrected chi connectivity index (χ0v) is 12.2. The molecule has 1 fully saturated rings. The highest BCUT2D eigenvalue weighted by atomic mass is 127. The minimum atomic E-state index is -1.03. The van der Waals surface area contributed by atoms with Crippen molar-refractivity contribution in [2.45, 2.75) is 24.5 Å². The second-order valence-corrected chi connectivity index (χ2v) is 5.26. The van der Waals surface area contributed by atoms with Gasteiger partial charge < -0.3 is 25.4 Å². The maximum atomic E-state index is 11.8. The second-order valence-electron chi connectivity index (χ2n) is 4.10. The Morgan fingerprint density at radius 2 is 2.37 bits per heavy atom. The van der Waals surface area contributed by atoms with Crippen LogP contribution in [0, 0.1) is 3.57 Å². The van der Waals surface area contributed by atoms with Gasteiger partial charge >= 0.3 is 5.69 Å². The number of hydrogen-bond acceptors (Lipinski definition) is 7. The SMILES string of the molecule is CO[C@H]1[C@H](O)[C@@H](CO)O[C@H]1n1cc(I)c(N)nc1=O. The summed E-state index contributed by atoms with van der Waals surface area (Å²) in [7, 11) is 1.39. The molecule has 0 radical (unpaired) electrons.